The van der Waals surface area contributed by atoms with Gasteiger partial charge in [-0.25, -0.2) is 0 Å². The summed E-state index contributed by atoms with van der Waals surface area (Å²) in [6, 6.07) is 8.85. The summed E-state index contributed by atoms with van der Waals surface area (Å²) < 4.78 is 0. The van der Waals surface area contributed by atoms with Gasteiger partial charge in [0.25, 0.3) is 0 Å². The summed E-state index contributed by atoms with van der Waals surface area (Å²) in [5.74, 6) is -1.24. The number of carbonyl (C=O) groups is 2. The number of amides is 1. The third-order valence-electron chi connectivity index (χ3n) is 3.27. The van der Waals surface area contributed by atoms with Gasteiger partial charge in [0.2, 0.25) is 5.91 Å². The lowest BCUT2D eigenvalue weighted by Gasteiger charge is -2.24. The molecule has 2 N–H and O–H groups in total. The molecule has 0 aromatic heterocycles. The summed E-state index contributed by atoms with van der Waals surface area (Å²) in [5.41, 5.74) is -0.567. The van der Waals surface area contributed by atoms with Crippen LogP contribution in [0.15, 0.2) is 42.5 Å². The molecule has 0 aliphatic rings. The maximum absolute atomic E-state index is 11.9. The van der Waals surface area contributed by atoms with E-state index in [9.17, 15) is 14.7 Å². The zero-order chi connectivity index (χ0) is 15.0. The van der Waals surface area contributed by atoms with Crippen LogP contribution in [0.3, 0.4) is 0 Å². The third-order valence-corrected chi connectivity index (χ3v) is 3.27. The molecule has 1 aromatic carbocycles. The Morgan fingerprint density at radius 3 is 2.50 bits per heavy atom. The molecular formula is C16H21NO3. The lowest BCUT2D eigenvalue weighted by molar-refractivity contribution is -0.145. The Morgan fingerprint density at radius 2 is 1.95 bits per heavy atom. The van der Waals surface area contributed by atoms with Gasteiger partial charge in [0.05, 0.1) is 5.41 Å². The average molecular weight is 275 g/mol. The van der Waals surface area contributed by atoms with E-state index in [-0.39, 0.29) is 12.3 Å². The smallest absolute Gasteiger partial charge is 0.314 e. The lowest BCUT2D eigenvalue weighted by atomic mass is 9.79. The third kappa shape index (κ3) is 4.23. The fraction of sp³-hybridized carbons (Fsp3) is 0.375. The van der Waals surface area contributed by atoms with Crippen molar-refractivity contribution in [1.82, 2.24) is 5.32 Å². The zero-order valence-electron chi connectivity index (χ0n) is 11.9. The van der Waals surface area contributed by atoms with Gasteiger partial charge >= 0.3 is 5.97 Å². The molecule has 0 saturated heterocycles. The van der Waals surface area contributed by atoms with Crippen LogP contribution in [0, 0.1) is 0 Å². The highest BCUT2D eigenvalue weighted by Crippen LogP contribution is 2.27. The van der Waals surface area contributed by atoms with E-state index in [1.165, 1.54) is 0 Å². The summed E-state index contributed by atoms with van der Waals surface area (Å²) in [7, 11) is 0. The van der Waals surface area contributed by atoms with Crippen molar-refractivity contribution in [3.05, 3.63) is 48.0 Å². The molecule has 0 saturated carbocycles. The van der Waals surface area contributed by atoms with Crippen LogP contribution in [0.25, 0.3) is 0 Å². The van der Waals surface area contributed by atoms with E-state index >= 15 is 0 Å². The van der Waals surface area contributed by atoms with E-state index < -0.39 is 11.4 Å². The molecule has 0 aliphatic carbocycles. The highest BCUT2D eigenvalue weighted by atomic mass is 16.4. The van der Waals surface area contributed by atoms with Crippen molar-refractivity contribution in [2.75, 3.05) is 6.54 Å². The predicted molar refractivity (Wildman–Crippen MR) is 78.5 cm³/mol. The minimum absolute atomic E-state index is 0.0673. The number of carbonyl (C=O) groups excluding carboxylic acids is 1. The van der Waals surface area contributed by atoms with Crippen LogP contribution in [0.1, 0.15) is 32.3 Å². The molecule has 0 fully saturated rings. The Morgan fingerprint density at radius 1 is 1.30 bits per heavy atom. The van der Waals surface area contributed by atoms with E-state index in [0.29, 0.717) is 12.1 Å². The molecule has 108 valence electrons. The van der Waals surface area contributed by atoms with Gasteiger partial charge in [-0.1, -0.05) is 42.5 Å². The lowest BCUT2D eigenvalue weighted by Crippen LogP contribution is -2.39. The highest BCUT2D eigenvalue weighted by molar-refractivity contribution is 5.89. The molecule has 1 aromatic rings. The second-order valence-corrected chi connectivity index (χ2v) is 4.89. The molecular weight excluding hydrogens is 254 g/mol. The Kier molecular flexibility index (Phi) is 5.97. The van der Waals surface area contributed by atoms with Crippen LogP contribution in [0.2, 0.25) is 0 Å². The highest BCUT2D eigenvalue weighted by Gasteiger charge is 2.37. The Balaban J connectivity index is 2.73. The van der Waals surface area contributed by atoms with Crippen molar-refractivity contribution in [1.29, 1.82) is 0 Å². The average Bonchev–Trinajstić information content (AvgIpc) is 2.44. The summed E-state index contributed by atoms with van der Waals surface area (Å²) >= 11 is 0. The number of hydrogen-bond donors (Lipinski definition) is 2. The van der Waals surface area contributed by atoms with E-state index in [2.05, 4.69) is 5.32 Å². The number of allylic oxidation sites excluding steroid dienone is 1. The van der Waals surface area contributed by atoms with Crippen LogP contribution in [0.4, 0.5) is 0 Å². The summed E-state index contributed by atoms with van der Waals surface area (Å²) in [5, 5.41) is 12.2. The summed E-state index contributed by atoms with van der Waals surface area (Å²) in [6.07, 6.45) is 4.55. The normalized spacial score (nSPS) is 13.9. The van der Waals surface area contributed by atoms with Gasteiger partial charge in [0.1, 0.15) is 0 Å². The molecule has 4 nitrogen and oxygen atoms in total. The van der Waals surface area contributed by atoms with Gasteiger partial charge in [0, 0.05) is 13.0 Å². The van der Waals surface area contributed by atoms with E-state index in [1.54, 1.807) is 31.2 Å². The fourth-order valence-electron chi connectivity index (χ4n) is 1.95. The van der Waals surface area contributed by atoms with Crippen LogP contribution in [-0.4, -0.2) is 23.5 Å². The molecule has 0 bridgehead atoms. The first-order chi connectivity index (χ1) is 9.50. The van der Waals surface area contributed by atoms with Gasteiger partial charge in [-0.15, -0.1) is 0 Å². The number of hydrogen-bond acceptors (Lipinski definition) is 2. The first-order valence-electron chi connectivity index (χ1n) is 6.67. The Labute approximate surface area is 119 Å². The van der Waals surface area contributed by atoms with Gasteiger partial charge < -0.3 is 10.4 Å². The van der Waals surface area contributed by atoms with Crippen LogP contribution < -0.4 is 5.32 Å². The van der Waals surface area contributed by atoms with Crippen LogP contribution >= 0.6 is 0 Å². The number of carboxylic acid groups (broad SMARTS) is 1. The molecule has 1 atom stereocenters. The summed E-state index contributed by atoms with van der Waals surface area (Å²) in [6.45, 7) is 4.02. The molecule has 20 heavy (non-hydrogen) atoms. The van der Waals surface area contributed by atoms with E-state index in [0.717, 1.165) is 6.42 Å². The second-order valence-electron chi connectivity index (χ2n) is 4.89. The standard InChI is InChI=1S/C16H21NO3/c1-3-4-8-11-17-14(18)12-16(2,15(19)20)13-9-6-5-7-10-13/h3-7,9-10H,8,11-12H2,1-2H3,(H,17,18)(H,19,20)/b4-3+. The zero-order valence-corrected chi connectivity index (χ0v) is 11.9. The minimum Gasteiger partial charge on any atom is -0.481 e. The predicted octanol–water partition coefficient (Wildman–Crippen LogP) is 2.50. The molecule has 4 heteroatoms. The van der Waals surface area contributed by atoms with Crippen LogP contribution in [0.5, 0.6) is 0 Å². The maximum Gasteiger partial charge on any atom is 0.314 e. The summed E-state index contributed by atoms with van der Waals surface area (Å²) in [4.78, 5) is 23.4. The van der Waals surface area contributed by atoms with Crippen molar-refractivity contribution < 1.29 is 14.7 Å². The quantitative estimate of drug-likeness (QED) is 0.593. The van der Waals surface area contributed by atoms with E-state index in [4.69, 9.17) is 0 Å². The monoisotopic (exact) mass is 275 g/mol. The molecule has 0 heterocycles. The SMILES string of the molecule is C/C=C/CCNC(=O)CC(C)(C(=O)O)c1ccccc1. The maximum atomic E-state index is 11.9. The number of carboxylic acids is 1. The van der Waals surface area contributed by atoms with Crippen molar-refractivity contribution in [3.63, 3.8) is 0 Å². The minimum atomic E-state index is -1.20. The van der Waals surface area contributed by atoms with E-state index in [1.807, 2.05) is 25.1 Å². The molecule has 0 aliphatic heterocycles. The van der Waals surface area contributed by atoms with Crippen molar-refractivity contribution >= 4 is 11.9 Å². The van der Waals surface area contributed by atoms with Gasteiger partial charge in [-0.2, -0.15) is 0 Å². The first kappa shape index (κ1) is 16.0. The Bertz CT molecular complexity index is 482. The van der Waals surface area contributed by atoms with Gasteiger partial charge in [0.15, 0.2) is 0 Å². The molecule has 0 radical (unpaired) electrons. The number of aliphatic carboxylic acids is 1. The van der Waals surface area contributed by atoms with Crippen LogP contribution in [-0.2, 0) is 15.0 Å². The van der Waals surface area contributed by atoms with Crippen molar-refractivity contribution in [3.8, 4) is 0 Å². The van der Waals surface area contributed by atoms with Gasteiger partial charge in [-0.05, 0) is 25.8 Å². The van der Waals surface area contributed by atoms with Crippen molar-refractivity contribution in [2.24, 2.45) is 0 Å². The molecule has 1 rings (SSSR count). The molecule has 0 spiro atoms. The molecule has 1 amide bonds. The Hall–Kier alpha value is -2.10. The molecule has 1 unspecified atom stereocenters. The second kappa shape index (κ2) is 7.48. The van der Waals surface area contributed by atoms with Gasteiger partial charge in [-0.3, -0.25) is 9.59 Å². The fourth-order valence-corrected chi connectivity index (χ4v) is 1.95. The number of rotatable bonds is 7. The number of nitrogens with one attached hydrogen (secondary N) is 1. The largest absolute Gasteiger partial charge is 0.481 e. The van der Waals surface area contributed by atoms with Crippen molar-refractivity contribution in [2.45, 2.75) is 32.1 Å². The first-order valence-corrected chi connectivity index (χ1v) is 6.67. The number of benzene rings is 1. The topological polar surface area (TPSA) is 66.4 Å².